The largest absolute Gasteiger partial charge is 0.515 e. The van der Waals surface area contributed by atoms with Crippen LogP contribution in [-0.4, -0.2) is 51.7 Å². The Kier molecular flexibility index (Phi) is 8.94. The summed E-state index contributed by atoms with van der Waals surface area (Å²) in [5.41, 5.74) is 0.0360. The molecule has 2 aromatic carbocycles. The molecule has 0 fully saturated rings. The summed E-state index contributed by atoms with van der Waals surface area (Å²) in [5.74, 6) is -1.26. The third-order valence-electron chi connectivity index (χ3n) is 6.45. The molecule has 10 heteroatoms. The zero-order valence-electron chi connectivity index (χ0n) is 24.7. The Labute approximate surface area is 244 Å². The fraction of sp³-hybridized carbons (Fsp3) is 0.344. The van der Waals surface area contributed by atoms with Gasteiger partial charge in [-0.3, -0.25) is 4.79 Å². The van der Waals surface area contributed by atoms with Crippen molar-refractivity contribution >= 4 is 29.0 Å². The van der Waals surface area contributed by atoms with Gasteiger partial charge in [-0.25, -0.2) is 14.6 Å². The van der Waals surface area contributed by atoms with E-state index in [-0.39, 0.29) is 36.3 Å². The maximum Gasteiger partial charge on any atom is 0.515 e. The molecule has 0 atom stereocenters. The molecule has 2 heterocycles. The van der Waals surface area contributed by atoms with Crippen LogP contribution in [0.4, 0.5) is 4.79 Å². The normalized spacial score (nSPS) is 11.7. The van der Waals surface area contributed by atoms with Crippen molar-refractivity contribution in [1.29, 1.82) is 0 Å². The smallest absolute Gasteiger partial charge is 0.462 e. The first-order valence-electron chi connectivity index (χ1n) is 13.7. The van der Waals surface area contributed by atoms with E-state index in [4.69, 9.17) is 23.9 Å². The van der Waals surface area contributed by atoms with Gasteiger partial charge in [-0.1, -0.05) is 49.4 Å². The standard InChI is InChI=1S/C32H35N3O7/c1-7-32(5,6)29(37)40-20-19-39-28(36)26-25(24-18-17-21-13-11-12-16-23(21)33-24)27(41-30(38)42-31(2,3)4)35(34-26)22-14-9-8-10-15-22/h8-18H,7,19-20H2,1-6H3. The van der Waals surface area contributed by atoms with Gasteiger partial charge in [0.25, 0.3) is 0 Å². The van der Waals surface area contributed by atoms with E-state index in [1.807, 2.05) is 43.3 Å². The molecule has 0 spiro atoms. The summed E-state index contributed by atoms with van der Waals surface area (Å²) in [7, 11) is 0. The number of carbonyl (C=O) groups excluding carboxylic acids is 3. The number of hydrogen-bond donors (Lipinski definition) is 0. The van der Waals surface area contributed by atoms with E-state index in [1.54, 1.807) is 65.0 Å². The number of carbonyl (C=O) groups is 3. The van der Waals surface area contributed by atoms with Crippen molar-refractivity contribution in [3.05, 3.63) is 72.4 Å². The van der Waals surface area contributed by atoms with Gasteiger partial charge in [-0.15, -0.1) is 0 Å². The van der Waals surface area contributed by atoms with Crippen molar-refractivity contribution in [3.8, 4) is 22.8 Å². The number of hydrogen-bond acceptors (Lipinski definition) is 9. The zero-order chi connectivity index (χ0) is 30.5. The van der Waals surface area contributed by atoms with Gasteiger partial charge in [0, 0.05) is 5.39 Å². The van der Waals surface area contributed by atoms with Gasteiger partial charge in [0.1, 0.15) is 18.8 Å². The van der Waals surface area contributed by atoms with Crippen molar-refractivity contribution in [2.45, 2.75) is 53.6 Å². The Morgan fingerprint density at radius 3 is 2.19 bits per heavy atom. The molecule has 0 amide bonds. The van der Waals surface area contributed by atoms with E-state index in [9.17, 15) is 14.4 Å². The monoisotopic (exact) mass is 573 g/mol. The summed E-state index contributed by atoms with van der Waals surface area (Å²) < 4.78 is 23.3. The van der Waals surface area contributed by atoms with Gasteiger partial charge in [0.05, 0.1) is 27.9 Å². The third kappa shape index (κ3) is 7.12. The summed E-state index contributed by atoms with van der Waals surface area (Å²) >= 11 is 0. The van der Waals surface area contributed by atoms with Crippen LogP contribution in [0.15, 0.2) is 66.7 Å². The summed E-state index contributed by atoms with van der Waals surface area (Å²) in [6.07, 6.45) is -0.377. The molecule has 4 aromatic rings. The number of benzene rings is 2. The SMILES string of the molecule is CCC(C)(C)C(=O)OCCOC(=O)c1nn(-c2ccccc2)c(OC(=O)OC(C)(C)C)c1-c1ccc2ccccc2n1. The van der Waals surface area contributed by atoms with Crippen LogP contribution in [0.25, 0.3) is 27.8 Å². The molecule has 0 aliphatic rings. The number of pyridine rings is 1. The highest BCUT2D eigenvalue weighted by Crippen LogP contribution is 2.36. The van der Waals surface area contributed by atoms with Crippen LogP contribution in [0.2, 0.25) is 0 Å². The Hall–Kier alpha value is -4.73. The van der Waals surface area contributed by atoms with E-state index in [0.29, 0.717) is 23.3 Å². The highest BCUT2D eigenvalue weighted by Gasteiger charge is 2.32. The molecule has 0 aliphatic carbocycles. The number of para-hydroxylation sites is 2. The van der Waals surface area contributed by atoms with Gasteiger partial charge >= 0.3 is 18.1 Å². The Morgan fingerprint density at radius 1 is 0.833 bits per heavy atom. The highest BCUT2D eigenvalue weighted by atomic mass is 16.7. The van der Waals surface area contributed by atoms with Crippen LogP contribution in [-0.2, 0) is 19.0 Å². The fourth-order valence-electron chi connectivity index (χ4n) is 3.85. The van der Waals surface area contributed by atoms with Crippen LogP contribution < -0.4 is 4.74 Å². The number of rotatable bonds is 9. The van der Waals surface area contributed by atoms with Gasteiger partial charge in [-0.2, -0.15) is 9.78 Å². The first-order valence-corrected chi connectivity index (χ1v) is 13.7. The van der Waals surface area contributed by atoms with Gasteiger partial charge in [0.15, 0.2) is 5.69 Å². The van der Waals surface area contributed by atoms with Gasteiger partial charge in [0.2, 0.25) is 5.88 Å². The predicted octanol–water partition coefficient (Wildman–Crippen LogP) is 6.54. The maximum absolute atomic E-state index is 13.5. The maximum atomic E-state index is 13.5. The minimum absolute atomic E-state index is 0.0682. The molecule has 0 aliphatic heterocycles. The molecule has 2 aromatic heterocycles. The van der Waals surface area contributed by atoms with E-state index < -0.39 is 23.1 Å². The first kappa shape index (κ1) is 30.2. The van der Waals surface area contributed by atoms with E-state index in [2.05, 4.69) is 5.10 Å². The lowest BCUT2D eigenvalue weighted by molar-refractivity contribution is -0.155. The van der Waals surface area contributed by atoms with Crippen molar-refractivity contribution in [2.75, 3.05) is 13.2 Å². The number of esters is 2. The molecule has 0 radical (unpaired) electrons. The van der Waals surface area contributed by atoms with Crippen molar-refractivity contribution < 1.29 is 33.3 Å². The van der Waals surface area contributed by atoms with Crippen LogP contribution in [0.3, 0.4) is 0 Å². The van der Waals surface area contributed by atoms with Crippen molar-refractivity contribution in [3.63, 3.8) is 0 Å². The van der Waals surface area contributed by atoms with Crippen LogP contribution in [0.1, 0.15) is 58.5 Å². The van der Waals surface area contributed by atoms with Gasteiger partial charge in [-0.05, 0) is 65.3 Å². The molecular weight excluding hydrogens is 538 g/mol. The van der Waals surface area contributed by atoms with E-state index in [0.717, 1.165) is 5.39 Å². The lowest BCUT2D eigenvalue weighted by Crippen LogP contribution is -2.27. The highest BCUT2D eigenvalue weighted by molar-refractivity contribution is 5.98. The lowest BCUT2D eigenvalue weighted by atomic mass is 9.91. The molecule has 4 rings (SSSR count). The number of fused-ring (bicyclic) bond motifs is 1. The number of ether oxygens (including phenoxy) is 4. The predicted molar refractivity (Wildman–Crippen MR) is 156 cm³/mol. The van der Waals surface area contributed by atoms with Crippen LogP contribution in [0, 0.1) is 5.41 Å². The second-order valence-corrected chi connectivity index (χ2v) is 11.2. The lowest BCUT2D eigenvalue weighted by Gasteiger charge is -2.20. The molecule has 10 nitrogen and oxygen atoms in total. The summed E-state index contributed by atoms with van der Waals surface area (Å²) in [6, 6.07) is 19.9. The zero-order valence-corrected chi connectivity index (χ0v) is 24.7. The van der Waals surface area contributed by atoms with Crippen molar-refractivity contribution in [2.24, 2.45) is 5.41 Å². The molecule has 0 saturated heterocycles. The van der Waals surface area contributed by atoms with Crippen LogP contribution in [0.5, 0.6) is 5.88 Å². The molecular formula is C32H35N3O7. The number of aromatic nitrogens is 3. The van der Waals surface area contributed by atoms with Crippen molar-refractivity contribution in [1.82, 2.24) is 14.8 Å². The van der Waals surface area contributed by atoms with Gasteiger partial charge < -0.3 is 18.9 Å². The van der Waals surface area contributed by atoms with Crippen LogP contribution >= 0.6 is 0 Å². The topological polar surface area (TPSA) is 119 Å². The number of nitrogens with zero attached hydrogens (tertiary/aromatic N) is 3. The quantitative estimate of drug-likeness (QED) is 0.125. The third-order valence-corrected chi connectivity index (χ3v) is 6.45. The average molecular weight is 574 g/mol. The molecule has 42 heavy (non-hydrogen) atoms. The molecule has 0 bridgehead atoms. The Morgan fingerprint density at radius 2 is 1.50 bits per heavy atom. The summed E-state index contributed by atoms with van der Waals surface area (Å²) in [6.45, 7) is 10.3. The Balaban J connectivity index is 1.77. The second-order valence-electron chi connectivity index (χ2n) is 11.2. The Bertz CT molecular complexity index is 1590. The van der Waals surface area contributed by atoms with E-state index >= 15 is 0 Å². The summed E-state index contributed by atoms with van der Waals surface area (Å²) in [5, 5.41) is 5.40. The molecule has 0 saturated carbocycles. The minimum Gasteiger partial charge on any atom is -0.462 e. The first-order chi connectivity index (χ1) is 19.9. The average Bonchev–Trinajstić information content (AvgIpc) is 3.33. The minimum atomic E-state index is -0.980. The molecule has 0 unspecified atom stereocenters. The second kappa shape index (κ2) is 12.4. The molecule has 0 N–H and O–H groups in total. The van der Waals surface area contributed by atoms with E-state index in [1.165, 1.54) is 4.68 Å². The summed E-state index contributed by atoms with van der Waals surface area (Å²) in [4.78, 5) is 43.4. The fourth-order valence-corrected chi connectivity index (χ4v) is 3.85. The molecule has 220 valence electrons.